The number of nitro groups is 1. The van der Waals surface area contributed by atoms with Crippen LogP contribution in [0.25, 0.3) is 10.1 Å². The minimum atomic E-state index is -0.614. The molecular formula is C17H9Cl2NO4S. The fourth-order valence-electron chi connectivity index (χ4n) is 2.37. The van der Waals surface area contributed by atoms with Gasteiger partial charge in [0.25, 0.3) is 5.69 Å². The number of carbonyl (C=O) groups is 1. The summed E-state index contributed by atoms with van der Waals surface area (Å²) in [5, 5.41) is 12.2. The summed E-state index contributed by atoms with van der Waals surface area (Å²) in [5.41, 5.74) is 0.199. The topological polar surface area (TPSA) is 77.3 Å². The van der Waals surface area contributed by atoms with E-state index in [9.17, 15) is 19.7 Å². The molecule has 0 saturated carbocycles. The maximum atomic E-state index is 12.5. The predicted octanol–water partition coefficient (Wildman–Crippen LogP) is 4.90. The minimum absolute atomic E-state index is 0.00415. The molecule has 1 heterocycles. The molecule has 0 N–H and O–H groups in total. The lowest BCUT2D eigenvalue weighted by molar-refractivity contribution is -0.384. The molecule has 0 aliphatic carbocycles. The minimum Gasteiger partial charge on any atom is -0.294 e. The second-order valence-electron chi connectivity index (χ2n) is 5.27. The summed E-state index contributed by atoms with van der Waals surface area (Å²) >= 11 is 12.6. The van der Waals surface area contributed by atoms with Crippen molar-refractivity contribution in [3.8, 4) is 0 Å². The number of halogens is 2. The van der Waals surface area contributed by atoms with Gasteiger partial charge in [0.05, 0.1) is 10.5 Å². The fraction of sp³-hybridized carbons (Fsp3) is 0.0588. The van der Waals surface area contributed by atoms with Gasteiger partial charge in [-0.1, -0.05) is 46.7 Å². The SMILES string of the molecule is O=C(Cc1ccc(Cl)c([N+](=O)[O-])c1)c1cc2ccc(Cl)cc2sc1=O. The lowest BCUT2D eigenvalue weighted by Crippen LogP contribution is -2.14. The summed E-state index contributed by atoms with van der Waals surface area (Å²) in [6.45, 7) is 0. The summed E-state index contributed by atoms with van der Waals surface area (Å²) in [6.07, 6.45) is -0.126. The van der Waals surface area contributed by atoms with E-state index < -0.39 is 10.7 Å². The highest BCUT2D eigenvalue weighted by Crippen LogP contribution is 2.26. The summed E-state index contributed by atoms with van der Waals surface area (Å²) in [4.78, 5) is 35.0. The molecule has 126 valence electrons. The van der Waals surface area contributed by atoms with E-state index in [2.05, 4.69) is 0 Å². The van der Waals surface area contributed by atoms with Gasteiger partial charge in [-0.2, -0.15) is 0 Å². The zero-order chi connectivity index (χ0) is 18.1. The van der Waals surface area contributed by atoms with E-state index in [4.69, 9.17) is 23.2 Å². The second-order valence-corrected chi connectivity index (χ2v) is 7.13. The maximum absolute atomic E-state index is 12.5. The molecule has 2 aromatic carbocycles. The van der Waals surface area contributed by atoms with E-state index in [-0.39, 0.29) is 27.4 Å². The van der Waals surface area contributed by atoms with Gasteiger partial charge in [-0.25, -0.2) is 0 Å². The average molecular weight is 394 g/mol. The Morgan fingerprint density at radius 2 is 1.88 bits per heavy atom. The molecule has 3 aromatic rings. The van der Waals surface area contributed by atoms with Crippen molar-refractivity contribution in [1.82, 2.24) is 0 Å². The third-order valence-corrected chi connectivity index (χ3v) is 5.10. The number of benzene rings is 2. The van der Waals surface area contributed by atoms with Crippen LogP contribution in [0.15, 0.2) is 47.3 Å². The summed E-state index contributed by atoms with van der Waals surface area (Å²) < 4.78 is 0.319. The first-order valence-electron chi connectivity index (χ1n) is 7.04. The molecule has 0 amide bonds. The highest BCUT2D eigenvalue weighted by molar-refractivity contribution is 7.16. The Bertz CT molecular complexity index is 1080. The van der Waals surface area contributed by atoms with Gasteiger partial charge in [-0.3, -0.25) is 19.7 Å². The highest BCUT2D eigenvalue weighted by atomic mass is 35.5. The Kier molecular flexibility index (Phi) is 4.85. The molecule has 0 aliphatic rings. The highest BCUT2D eigenvalue weighted by Gasteiger charge is 2.17. The van der Waals surface area contributed by atoms with Crippen molar-refractivity contribution in [3.05, 3.63) is 83.3 Å². The lowest BCUT2D eigenvalue weighted by atomic mass is 10.0. The van der Waals surface area contributed by atoms with Crippen LogP contribution in [0.4, 0.5) is 5.69 Å². The number of nitro benzene ring substituents is 1. The van der Waals surface area contributed by atoms with Gasteiger partial charge in [0, 0.05) is 22.2 Å². The Labute approximate surface area is 155 Å². The van der Waals surface area contributed by atoms with Crippen LogP contribution >= 0.6 is 34.5 Å². The standard InChI is InChI=1S/C17H9Cl2NO4S/c18-11-3-2-10-7-12(17(22)25-16(10)8-11)15(21)6-9-1-4-13(19)14(5-9)20(23)24/h1-5,7-8H,6H2. The van der Waals surface area contributed by atoms with Crippen molar-refractivity contribution in [2.75, 3.05) is 0 Å². The Hall–Kier alpha value is -2.28. The molecule has 0 unspecified atom stereocenters. The summed E-state index contributed by atoms with van der Waals surface area (Å²) in [5.74, 6) is -0.408. The van der Waals surface area contributed by atoms with Crippen LogP contribution in [0.5, 0.6) is 0 Å². The van der Waals surface area contributed by atoms with E-state index in [1.807, 2.05) is 0 Å². The Morgan fingerprint density at radius 3 is 2.60 bits per heavy atom. The molecule has 0 aliphatic heterocycles. The first-order valence-corrected chi connectivity index (χ1v) is 8.62. The number of Topliss-reactive ketones (excluding diaryl/α,β-unsaturated/α-hetero) is 1. The molecule has 3 rings (SSSR count). The van der Waals surface area contributed by atoms with Crippen LogP contribution in [-0.4, -0.2) is 10.7 Å². The normalized spacial score (nSPS) is 10.8. The first-order chi connectivity index (χ1) is 11.8. The van der Waals surface area contributed by atoms with Gasteiger partial charge in [-0.05, 0) is 35.2 Å². The van der Waals surface area contributed by atoms with E-state index in [1.54, 1.807) is 18.2 Å². The third kappa shape index (κ3) is 3.71. The quantitative estimate of drug-likeness (QED) is 0.358. The van der Waals surface area contributed by atoms with Crippen LogP contribution in [0.2, 0.25) is 10.0 Å². The van der Waals surface area contributed by atoms with E-state index in [0.717, 1.165) is 16.7 Å². The van der Waals surface area contributed by atoms with Gasteiger partial charge in [0.2, 0.25) is 4.74 Å². The largest absolute Gasteiger partial charge is 0.294 e. The molecule has 0 fully saturated rings. The number of carbonyl (C=O) groups excluding carboxylic acids is 1. The summed E-state index contributed by atoms with van der Waals surface area (Å²) in [6, 6.07) is 10.7. The third-order valence-electron chi connectivity index (χ3n) is 3.57. The van der Waals surface area contributed by atoms with Crippen molar-refractivity contribution in [2.45, 2.75) is 6.42 Å². The average Bonchev–Trinajstić information content (AvgIpc) is 2.55. The molecule has 0 spiro atoms. The van der Waals surface area contributed by atoms with Crippen LogP contribution in [0.3, 0.4) is 0 Å². The number of hydrogen-bond donors (Lipinski definition) is 0. The van der Waals surface area contributed by atoms with Crippen molar-refractivity contribution in [1.29, 1.82) is 0 Å². The second kappa shape index (κ2) is 6.92. The zero-order valence-electron chi connectivity index (χ0n) is 12.5. The first kappa shape index (κ1) is 17.5. The maximum Gasteiger partial charge on any atom is 0.288 e. The number of rotatable bonds is 4. The van der Waals surface area contributed by atoms with Gasteiger partial charge in [0.1, 0.15) is 5.02 Å². The molecule has 0 atom stereocenters. The predicted molar refractivity (Wildman–Crippen MR) is 99.2 cm³/mol. The molecular weight excluding hydrogens is 385 g/mol. The van der Waals surface area contributed by atoms with Gasteiger partial charge < -0.3 is 0 Å². The van der Waals surface area contributed by atoms with Crippen LogP contribution in [0, 0.1) is 10.1 Å². The molecule has 5 nitrogen and oxygen atoms in total. The number of nitrogens with zero attached hydrogens (tertiary/aromatic N) is 1. The molecule has 0 bridgehead atoms. The Balaban J connectivity index is 1.96. The number of hydrogen-bond acceptors (Lipinski definition) is 5. The van der Waals surface area contributed by atoms with E-state index in [1.165, 1.54) is 24.3 Å². The van der Waals surface area contributed by atoms with E-state index in [0.29, 0.717) is 15.3 Å². The molecule has 25 heavy (non-hydrogen) atoms. The fourth-order valence-corrected chi connectivity index (χ4v) is 3.70. The number of ketones is 1. The molecule has 1 aromatic heterocycles. The van der Waals surface area contributed by atoms with Gasteiger partial charge in [0.15, 0.2) is 5.78 Å². The van der Waals surface area contributed by atoms with Gasteiger partial charge >= 0.3 is 0 Å². The van der Waals surface area contributed by atoms with Crippen molar-refractivity contribution in [3.63, 3.8) is 0 Å². The smallest absolute Gasteiger partial charge is 0.288 e. The molecule has 8 heteroatoms. The Morgan fingerprint density at radius 1 is 1.12 bits per heavy atom. The van der Waals surface area contributed by atoms with Crippen LogP contribution < -0.4 is 4.74 Å². The van der Waals surface area contributed by atoms with Crippen molar-refractivity contribution >= 4 is 56.1 Å². The number of fused-ring (bicyclic) bond motifs is 1. The van der Waals surface area contributed by atoms with Crippen LogP contribution in [0.1, 0.15) is 15.9 Å². The van der Waals surface area contributed by atoms with E-state index >= 15 is 0 Å². The molecule has 0 radical (unpaired) electrons. The van der Waals surface area contributed by atoms with Crippen molar-refractivity contribution < 1.29 is 9.72 Å². The van der Waals surface area contributed by atoms with Gasteiger partial charge in [-0.15, -0.1) is 0 Å². The molecule has 0 saturated heterocycles. The van der Waals surface area contributed by atoms with Crippen LogP contribution in [-0.2, 0) is 6.42 Å². The monoisotopic (exact) mass is 393 g/mol. The zero-order valence-corrected chi connectivity index (χ0v) is 14.8. The lowest BCUT2D eigenvalue weighted by Gasteiger charge is -2.04. The van der Waals surface area contributed by atoms with Crippen molar-refractivity contribution in [2.24, 2.45) is 0 Å². The summed E-state index contributed by atoms with van der Waals surface area (Å²) in [7, 11) is 0.